The zero-order valence-electron chi connectivity index (χ0n) is 4.21. The summed E-state index contributed by atoms with van der Waals surface area (Å²) in [5, 5.41) is 17.7. The Bertz CT molecular complexity index is 122. The van der Waals surface area contributed by atoms with E-state index < -0.39 is 12.2 Å². The summed E-state index contributed by atoms with van der Waals surface area (Å²) in [5.74, 6) is 0. The van der Waals surface area contributed by atoms with Crippen LogP contribution in [0.25, 0.3) is 0 Å². The molecule has 1 aliphatic carbocycles. The fourth-order valence-electron chi connectivity index (χ4n) is 0.704. The van der Waals surface area contributed by atoms with Crippen molar-refractivity contribution in [1.29, 1.82) is 0 Å². The minimum absolute atomic E-state index is 0.431. The van der Waals surface area contributed by atoms with Gasteiger partial charge in [-0.3, -0.25) is 0 Å². The van der Waals surface area contributed by atoms with Gasteiger partial charge in [-0.05, 0) is 6.08 Å². The molecule has 2 atom stereocenters. The Morgan fingerprint density at radius 1 is 1.62 bits per heavy atom. The van der Waals surface area contributed by atoms with E-state index in [2.05, 4.69) is 15.9 Å². The molecule has 0 heterocycles. The van der Waals surface area contributed by atoms with Crippen LogP contribution in [-0.2, 0) is 0 Å². The summed E-state index contributed by atoms with van der Waals surface area (Å²) in [7, 11) is 0. The third-order valence-electron chi connectivity index (χ3n) is 1.13. The number of halogens is 1. The van der Waals surface area contributed by atoms with Gasteiger partial charge in [-0.1, -0.05) is 15.9 Å². The van der Waals surface area contributed by atoms with Crippen LogP contribution in [0.3, 0.4) is 0 Å². The second-order valence-corrected chi connectivity index (χ2v) is 2.79. The van der Waals surface area contributed by atoms with Crippen LogP contribution in [0.1, 0.15) is 6.42 Å². The molecule has 0 saturated carbocycles. The third kappa shape index (κ3) is 1.10. The number of rotatable bonds is 0. The van der Waals surface area contributed by atoms with E-state index in [9.17, 15) is 0 Å². The zero-order valence-corrected chi connectivity index (χ0v) is 5.80. The monoisotopic (exact) mass is 178 g/mol. The lowest BCUT2D eigenvalue weighted by Gasteiger charge is -1.99. The Balaban J connectivity index is 2.59. The van der Waals surface area contributed by atoms with E-state index in [1.807, 2.05) is 0 Å². The maximum atomic E-state index is 8.89. The van der Waals surface area contributed by atoms with E-state index in [4.69, 9.17) is 10.2 Å². The molecular formula is C5H7BrO2. The topological polar surface area (TPSA) is 40.5 Å². The summed E-state index contributed by atoms with van der Waals surface area (Å²) >= 11 is 3.10. The van der Waals surface area contributed by atoms with Crippen LogP contribution in [0.15, 0.2) is 10.6 Å². The first-order valence-corrected chi connectivity index (χ1v) is 3.23. The van der Waals surface area contributed by atoms with Crippen molar-refractivity contribution in [3.05, 3.63) is 10.6 Å². The van der Waals surface area contributed by atoms with Gasteiger partial charge in [0.25, 0.3) is 0 Å². The van der Waals surface area contributed by atoms with Crippen molar-refractivity contribution in [1.82, 2.24) is 0 Å². The minimum atomic E-state index is -0.481. The summed E-state index contributed by atoms with van der Waals surface area (Å²) in [6, 6.07) is 0. The van der Waals surface area contributed by atoms with Crippen molar-refractivity contribution in [3.8, 4) is 0 Å². The van der Waals surface area contributed by atoms with Gasteiger partial charge in [-0.2, -0.15) is 0 Å². The molecule has 0 spiro atoms. The first kappa shape index (κ1) is 6.26. The molecule has 0 aromatic rings. The molecule has 0 radical (unpaired) electrons. The largest absolute Gasteiger partial charge is 0.389 e. The van der Waals surface area contributed by atoms with Crippen molar-refractivity contribution < 1.29 is 10.2 Å². The molecule has 0 bridgehead atoms. The maximum Gasteiger partial charge on any atom is 0.0880 e. The van der Waals surface area contributed by atoms with Crippen LogP contribution in [0.2, 0.25) is 0 Å². The van der Waals surface area contributed by atoms with Crippen molar-refractivity contribution in [2.45, 2.75) is 18.6 Å². The van der Waals surface area contributed by atoms with Gasteiger partial charge in [-0.15, -0.1) is 0 Å². The Hall–Kier alpha value is 0.140. The molecule has 0 aromatic carbocycles. The highest BCUT2D eigenvalue weighted by atomic mass is 79.9. The molecule has 0 aliphatic heterocycles. The van der Waals surface area contributed by atoms with E-state index in [1.165, 1.54) is 0 Å². The van der Waals surface area contributed by atoms with Gasteiger partial charge in [-0.25, -0.2) is 0 Å². The van der Waals surface area contributed by atoms with Gasteiger partial charge in [0.2, 0.25) is 0 Å². The molecule has 1 rings (SSSR count). The molecule has 46 valence electrons. The van der Waals surface area contributed by atoms with E-state index in [0.717, 1.165) is 0 Å². The van der Waals surface area contributed by atoms with E-state index >= 15 is 0 Å². The Morgan fingerprint density at radius 2 is 2.25 bits per heavy atom. The van der Waals surface area contributed by atoms with Gasteiger partial charge < -0.3 is 10.2 Å². The molecule has 8 heavy (non-hydrogen) atoms. The number of hydrogen-bond donors (Lipinski definition) is 2. The summed E-state index contributed by atoms with van der Waals surface area (Å²) in [4.78, 5) is 0. The molecule has 0 fully saturated rings. The summed E-state index contributed by atoms with van der Waals surface area (Å²) in [5.41, 5.74) is 0. The molecule has 2 N–H and O–H groups in total. The highest BCUT2D eigenvalue weighted by Crippen LogP contribution is 2.23. The molecule has 3 heteroatoms. The summed E-state index contributed by atoms with van der Waals surface area (Å²) in [6.07, 6.45) is 1.09. The van der Waals surface area contributed by atoms with E-state index in [0.29, 0.717) is 10.9 Å². The van der Waals surface area contributed by atoms with Gasteiger partial charge in [0, 0.05) is 10.9 Å². The summed E-state index contributed by atoms with van der Waals surface area (Å²) < 4.78 is 0.699. The highest BCUT2D eigenvalue weighted by Gasteiger charge is 2.20. The molecule has 0 amide bonds. The Morgan fingerprint density at radius 3 is 2.38 bits per heavy atom. The summed E-state index contributed by atoms with van der Waals surface area (Å²) in [6.45, 7) is 0. The first-order chi connectivity index (χ1) is 3.70. The van der Waals surface area contributed by atoms with Crippen LogP contribution in [0, 0.1) is 0 Å². The Kier molecular flexibility index (Phi) is 1.70. The molecule has 0 aromatic heterocycles. The normalized spacial score (nSPS) is 37.6. The molecule has 1 aliphatic rings. The van der Waals surface area contributed by atoms with Crippen LogP contribution >= 0.6 is 15.9 Å². The van der Waals surface area contributed by atoms with Crippen molar-refractivity contribution >= 4 is 15.9 Å². The van der Waals surface area contributed by atoms with E-state index in [1.54, 1.807) is 6.08 Å². The standard InChI is InChI=1S/C5H7BrO2/c6-4-1-3(7)2-5(4)8/h1,3,5,7-8H,2H2/t3-,5-/m1/s1. The Labute approximate surface area is 56.0 Å². The predicted molar refractivity (Wildman–Crippen MR) is 33.6 cm³/mol. The van der Waals surface area contributed by atoms with Crippen molar-refractivity contribution in [2.24, 2.45) is 0 Å². The minimum Gasteiger partial charge on any atom is -0.389 e. The van der Waals surface area contributed by atoms with Gasteiger partial charge in [0.15, 0.2) is 0 Å². The SMILES string of the molecule is O[C@@H]1C=C(Br)[C@H](O)C1. The lowest BCUT2D eigenvalue weighted by Crippen LogP contribution is -2.05. The molecule has 2 nitrogen and oxygen atoms in total. The van der Waals surface area contributed by atoms with Gasteiger partial charge >= 0.3 is 0 Å². The number of aliphatic hydroxyl groups excluding tert-OH is 2. The zero-order chi connectivity index (χ0) is 6.15. The fourth-order valence-corrected chi connectivity index (χ4v) is 1.20. The number of hydrogen-bond acceptors (Lipinski definition) is 2. The van der Waals surface area contributed by atoms with Crippen molar-refractivity contribution in [3.63, 3.8) is 0 Å². The van der Waals surface area contributed by atoms with Crippen LogP contribution in [-0.4, -0.2) is 22.4 Å². The second-order valence-electron chi connectivity index (χ2n) is 1.87. The smallest absolute Gasteiger partial charge is 0.0880 e. The first-order valence-electron chi connectivity index (χ1n) is 2.43. The molecule has 0 unspecified atom stereocenters. The van der Waals surface area contributed by atoms with Crippen LogP contribution < -0.4 is 0 Å². The molecular weight excluding hydrogens is 172 g/mol. The lowest BCUT2D eigenvalue weighted by molar-refractivity contribution is 0.150. The lowest BCUT2D eigenvalue weighted by atomic mass is 10.3. The number of aliphatic hydroxyl groups is 2. The van der Waals surface area contributed by atoms with Crippen LogP contribution in [0.5, 0.6) is 0 Å². The second kappa shape index (κ2) is 2.17. The maximum absolute atomic E-state index is 8.89. The third-order valence-corrected chi connectivity index (χ3v) is 1.93. The quantitative estimate of drug-likeness (QED) is 0.564. The average molecular weight is 179 g/mol. The van der Waals surface area contributed by atoms with Crippen LogP contribution in [0.4, 0.5) is 0 Å². The van der Waals surface area contributed by atoms with Crippen molar-refractivity contribution in [2.75, 3.05) is 0 Å². The van der Waals surface area contributed by atoms with E-state index in [-0.39, 0.29) is 0 Å². The van der Waals surface area contributed by atoms with Gasteiger partial charge in [0.05, 0.1) is 12.2 Å². The van der Waals surface area contributed by atoms with Gasteiger partial charge in [0.1, 0.15) is 0 Å². The average Bonchev–Trinajstić information content (AvgIpc) is 1.85. The highest BCUT2D eigenvalue weighted by molar-refractivity contribution is 9.11. The fraction of sp³-hybridized carbons (Fsp3) is 0.600. The predicted octanol–water partition coefficient (Wildman–Crippen LogP) is 0.391. The molecule has 0 saturated heterocycles.